The number of aliphatic hydroxyl groups excluding tert-OH is 1. The molecule has 0 radical (unpaired) electrons. The zero-order valence-electron chi connectivity index (χ0n) is 11.9. The predicted molar refractivity (Wildman–Crippen MR) is 75.9 cm³/mol. The molecule has 0 aromatic heterocycles. The molecule has 106 valence electrons. The molecule has 19 heavy (non-hydrogen) atoms. The van der Waals surface area contributed by atoms with E-state index < -0.39 is 6.10 Å². The molecule has 1 heterocycles. The fourth-order valence-electron chi connectivity index (χ4n) is 2.66. The molecule has 4 nitrogen and oxygen atoms in total. The molecule has 0 spiro atoms. The van der Waals surface area contributed by atoms with E-state index in [1.165, 1.54) is 0 Å². The molecule has 1 unspecified atom stereocenters. The summed E-state index contributed by atoms with van der Waals surface area (Å²) < 4.78 is 11.0. The maximum absolute atomic E-state index is 9.99. The van der Waals surface area contributed by atoms with E-state index in [0.29, 0.717) is 0 Å². The van der Waals surface area contributed by atoms with Crippen LogP contribution in [0.15, 0.2) is 18.2 Å². The molecular weight excluding hydrogens is 242 g/mol. The summed E-state index contributed by atoms with van der Waals surface area (Å²) >= 11 is 0. The van der Waals surface area contributed by atoms with E-state index in [0.717, 1.165) is 43.0 Å². The average molecular weight is 265 g/mol. The molecule has 0 amide bonds. The summed E-state index contributed by atoms with van der Waals surface area (Å²) in [4.78, 5) is 2.14. The van der Waals surface area contributed by atoms with Crippen LogP contribution in [0, 0.1) is 0 Å². The van der Waals surface area contributed by atoms with Crippen LogP contribution in [0.5, 0.6) is 5.75 Å². The van der Waals surface area contributed by atoms with Gasteiger partial charge in [0, 0.05) is 31.5 Å². The van der Waals surface area contributed by atoms with Crippen molar-refractivity contribution < 1.29 is 14.6 Å². The first-order valence-corrected chi connectivity index (χ1v) is 6.81. The third-order valence-corrected chi connectivity index (χ3v) is 3.59. The van der Waals surface area contributed by atoms with Gasteiger partial charge in [-0.1, -0.05) is 6.07 Å². The largest absolute Gasteiger partial charge is 0.496 e. The lowest BCUT2D eigenvalue weighted by atomic mass is 10.1. The number of likely N-dealkylation sites (N-methyl/N-ethyl adjacent to an activating group) is 1. The van der Waals surface area contributed by atoms with Gasteiger partial charge in [0.2, 0.25) is 0 Å². The minimum absolute atomic E-state index is 0.290. The molecule has 1 aliphatic rings. The first-order valence-electron chi connectivity index (χ1n) is 6.81. The second kappa shape index (κ2) is 6.26. The molecule has 1 saturated heterocycles. The highest BCUT2D eigenvalue weighted by Gasteiger charge is 2.21. The SMILES string of the molecule is COc1cccc(N(C)CC2CCCO2)c1[C@H](C)O. The zero-order chi connectivity index (χ0) is 13.8. The van der Waals surface area contributed by atoms with Crippen LogP contribution >= 0.6 is 0 Å². The molecule has 2 atom stereocenters. The van der Waals surface area contributed by atoms with E-state index in [1.54, 1.807) is 14.0 Å². The molecule has 0 saturated carbocycles. The fourth-order valence-corrected chi connectivity index (χ4v) is 2.66. The van der Waals surface area contributed by atoms with Crippen LogP contribution < -0.4 is 9.64 Å². The molecule has 0 bridgehead atoms. The Morgan fingerprint density at radius 1 is 1.53 bits per heavy atom. The Kier molecular flexibility index (Phi) is 4.66. The quantitative estimate of drug-likeness (QED) is 0.887. The molecular formula is C15H23NO3. The van der Waals surface area contributed by atoms with Gasteiger partial charge in [-0.15, -0.1) is 0 Å². The number of ether oxygens (including phenoxy) is 2. The van der Waals surface area contributed by atoms with Crippen LogP contribution in [0.4, 0.5) is 5.69 Å². The van der Waals surface area contributed by atoms with Crippen molar-refractivity contribution in [2.24, 2.45) is 0 Å². The van der Waals surface area contributed by atoms with Crippen LogP contribution in [-0.4, -0.2) is 38.5 Å². The van der Waals surface area contributed by atoms with E-state index in [9.17, 15) is 5.11 Å². The van der Waals surface area contributed by atoms with Crippen LogP contribution in [0.3, 0.4) is 0 Å². The lowest BCUT2D eigenvalue weighted by Crippen LogP contribution is -2.29. The predicted octanol–water partition coefficient (Wildman–Crippen LogP) is 2.36. The number of hydrogen-bond donors (Lipinski definition) is 1. The number of aliphatic hydroxyl groups is 1. The first-order chi connectivity index (χ1) is 9.13. The van der Waals surface area contributed by atoms with Crippen LogP contribution in [0.2, 0.25) is 0 Å². The zero-order valence-corrected chi connectivity index (χ0v) is 11.9. The van der Waals surface area contributed by atoms with Crippen molar-refractivity contribution in [1.82, 2.24) is 0 Å². The Hall–Kier alpha value is -1.26. The summed E-state index contributed by atoms with van der Waals surface area (Å²) in [6, 6.07) is 5.84. The van der Waals surface area contributed by atoms with E-state index in [1.807, 2.05) is 25.2 Å². The summed E-state index contributed by atoms with van der Waals surface area (Å²) in [5.74, 6) is 0.728. The number of anilines is 1. The van der Waals surface area contributed by atoms with Crippen molar-refractivity contribution in [1.29, 1.82) is 0 Å². The van der Waals surface area contributed by atoms with Gasteiger partial charge in [0.05, 0.1) is 19.3 Å². The van der Waals surface area contributed by atoms with Gasteiger partial charge in [-0.25, -0.2) is 0 Å². The van der Waals surface area contributed by atoms with Crippen LogP contribution in [-0.2, 0) is 4.74 Å². The number of benzene rings is 1. The smallest absolute Gasteiger partial charge is 0.126 e. The van der Waals surface area contributed by atoms with Gasteiger partial charge in [0.1, 0.15) is 5.75 Å². The maximum atomic E-state index is 9.99. The van der Waals surface area contributed by atoms with Crippen LogP contribution in [0.1, 0.15) is 31.4 Å². The number of hydrogen-bond acceptors (Lipinski definition) is 4. The Balaban J connectivity index is 2.22. The van der Waals surface area contributed by atoms with Crippen molar-refractivity contribution in [3.05, 3.63) is 23.8 Å². The number of nitrogens with zero attached hydrogens (tertiary/aromatic N) is 1. The van der Waals surface area contributed by atoms with Crippen molar-refractivity contribution in [3.8, 4) is 5.75 Å². The lowest BCUT2D eigenvalue weighted by Gasteiger charge is -2.27. The van der Waals surface area contributed by atoms with Gasteiger partial charge in [-0.2, -0.15) is 0 Å². The minimum Gasteiger partial charge on any atom is -0.496 e. The molecule has 2 rings (SSSR count). The van der Waals surface area contributed by atoms with Gasteiger partial charge in [-0.3, -0.25) is 0 Å². The molecule has 4 heteroatoms. The van der Waals surface area contributed by atoms with Gasteiger partial charge in [-0.05, 0) is 31.9 Å². The monoisotopic (exact) mass is 265 g/mol. The summed E-state index contributed by atoms with van der Waals surface area (Å²) in [7, 11) is 3.66. The Morgan fingerprint density at radius 3 is 2.89 bits per heavy atom. The number of methoxy groups -OCH3 is 1. The number of rotatable bonds is 5. The molecule has 1 N–H and O–H groups in total. The third-order valence-electron chi connectivity index (χ3n) is 3.59. The Morgan fingerprint density at radius 2 is 2.32 bits per heavy atom. The van der Waals surface area contributed by atoms with Crippen LogP contribution in [0.25, 0.3) is 0 Å². The Labute approximate surface area is 114 Å². The molecule has 1 aromatic carbocycles. The van der Waals surface area contributed by atoms with E-state index >= 15 is 0 Å². The highest BCUT2D eigenvalue weighted by Crippen LogP contribution is 2.34. The summed E-state index contributed by atoms with van der Waals surface area (Å²) in [6.07, 6.45) is 1.98. The molecule has 1 fully saturated rings. The second-order valence-electron chi connectivity index (χ2n) is 5.08. The van der Waals surface area contributed by atoms with Gasteiger partial charge >= 0.3 is 0 Å². The summed E-state index contributed by atoms with van der Waals surface area (Å²) in [5.41, 5.74) is 1.84. The van der Waals surface area contributed by atoms with E-state index in [-0.39, 0.29) is 6.10 Å². The van der Waals surface area contributed by atoms with Gasteiger partial charge in [0.25, 0.3) is 0 Å². The molecule has 1 aliphatic heterocycles. The van der Waals surface area contributed by atoms with Gasteiger partial charge < -0.3 is 19.5 Å². The highest BCUT2D eigenvalue weighted by atomic mass is 16.5. The first kappa shape index (κ1) is 14.2. The van der Waals surface area contributed by atoms with Crippen molar-refractivity contribution in [2.45, 2.75) is 32.0 Å². The normalized spacial score (nSPS) is 20.3. The van der Waals surface area contributed by atoms with Gasteiger partial charge in [0.15, 0.2) is 0 Å². The topological polar surface area (TPSA) is 41.9 Å². The highest BCUT2D eigenvalue weighted by molar-refractivity contribution is 5.60. The summed E-state index contributed by atoms with van der Waals surface area (Å²) in [5, 5.41) is 9.99. The third kappa shape index (κ3) is 3.19. The van der Waals surface area contributed by atoms with Crippen molar-refractivity contribution in [2.75, 3.05) is 32.2 Å². The second-order valence-corrected chi connectivity index (χ2v) is 5.08. The summed E-state index contributed by atoms with van der Waals surface area (Å²) in [6.45, 7) is 3.47. The van der Waals surface area contributed by atoms with E-state index in [2.05, 4.69) is 4.90 Å². The average Bonchev–Trinajstić information content (AvgIpc) is 2.90. The molecule has 0 aliphatic carbocycles. The molecule has 1 aromatic rings. The lowest BCUT2D eigenvalue weighted by molar-refractivity contribution is 0.116. The van der Waals surface area contributed by atoms with E-state index in [4.69, 9.17) is 9.47 Å². The van der Waals surface area contributed by atoms with Crippen molar-refractivity contribution >= 4 is 5.69 Å². The standard InChI is InChI=1S/C15H23NO3/c1-11(17)15-13(7-4-8-14(15)18-3)16(2)10-12-6-5-9-19-12/h4,7-8,11-12,17H,5-6,9-10H2,1-3H3/t11-,12?/m0/s1. The maximum Gasteiger partial charge on any atom is 0.126 e. The van der Waals surface area contributed by atoms with Crippen molar-refractivity contribution in [3.63, 3.8) is 0 Å². The Bertz CT molecular complexity index is 414. The fraction of sp³-hybridized carbons (Fsp3) is 0.600. The minimum atomic E-state index is -0.557.